The summed E-state index contributed by atoms with van der Waals surface area (Å²) in [4.78, 5) is 23.2. The molecule has 2 unspecified atom stereocenters. The molecule has 6 heteroatoms. The van der Waals surface area contributed by atoms with Crippen molar-refractivity contribution in [2.75, 3.05) is 20.2 Å². The molecule has 1 aliphatic heterocycles. The van der Waals surface area contributed by atoms with Gasteiger partial charge in [0.15, 0.2) is 0 Å². The molecule has 2 amide bonds. The standard InChI is InChI=1S/C10H19N3O3/c1-16-8(6-11)10(15)13-7-4-2-3-5-12-9(7)14/h7-8H,2-6,11H2,1H3,(H,12,14)(H,13,15). The van der Waals surface area contributed by atoms with Crippen LogP contribution < -0.4 is 16.4 Å². The molecular formula is C10H19N3O3. The Kier molecular flexibility index (Phi) is 5.21. The van der Waals surface area contributed by atoms with Crippen LogP contribution in [0.1, 0.15) is 19.3 Å². The Morgan fingerprint density at radius 3 is 3.06 bits per heavy atom. The predicted molar refractivity (Wildman–Crippen MR) is 58.6 cm³/mol. The van der Waals surface area contributed by atoms with E-state index in [9.17, 15) is 9.59 Å². The van der Waals surface area contributed by atoms with Crippen molar-refractivity contribution in [3.63, 3.8) is 0 Å². The van der Waals surface area contributed by atoms with Gasteiger partial charge in [-0.25, -0.2) is 0 Å². The summed E-state index contributed by atoms with van der Waals surface area (Å²) in [5.41, 5.74) is 5.37. The van der Waals surface area contributed by atoms with Gasteiger partial charge in [-0.2, -0.15) is 0 Å². The largest absolute Gasteiger partial charge is 0.370 e. The molecule has 1 aliphatic rings. The molecular weight excluding hydrogens is 210 g/mol. The second kappa shape index (κ2) is 6.44. The molecule has 0 spiro atoms. The van der Waals surface area contributed by atoms with Gasteiger partial charge in [-0.05, 0) is 19.3 Å². The quantitative estimate of drug-likeness (QED) is 0.561. The monoisotopic (exact) mass is 229 g/mol. The first-order valence-corrected chi connectivity index (χ1v) is 5.50. The van der Waals surface area contributed by atoms with E-state index in [0.717, 1.165) is 12.8 Å². The van der Waals surface area contributed by atoms with Crippen LogP contribution in [0.3, 0.4) is 0 Å². The maximum absolute atomic E-state index is 11.6. The molecule has 6 nitrogen and oxygen atoms in total. The third-order valence-corrected chi connectivity index (χ3v) is 2.64. The zero-order valence-corrected chi connectivity index (χ0v) is 9.49. The molecule has 0 radical (unpaired) electrons. The number of methoxy groups -OCH3 is 1. The number of carbonyl (C=O) groups is 2. The Labute approximate surface area is 94.9 Å². The molecule has 0 aliphatic carbocycles. The van der Waals surface area contributed by atoms with E-state index in [0.29, 0.717) is 13.0 Å². The van der Waals surface area contributed by atoms with E-state index in [4.69, 9.17) is 10.5 Å². The molecule has 0 aromatic carbocycles. The van der Waals surface area contributed by atoms with Crippen LogP contribution >= 0.6 is 0 Å². The third kappa shape index (κ3) is 3.46. The Morgan fingerprint density at radius 2 is 2.44 bits per heavy atom. The summed E-state index contributed by atoms with van der Waals surface area (Å²) in [5.74, 6) is -0.454. The summed E-state index contributed by atoms with van der Waals surface area (Å²) in [6, 6.07) is -0.459. The summed E-state index contributed by atoms with van der Waals surface area (Å²) in [5, 5.41) is 5.40. The van der Waals surface area contributed by atoms with Crippen molar-refractivity contribution in [1.29, 1.82) is 0 Å². The van der Waals surface area contributed by atoms with Crippen molar-refractivity contribution in [3.05, 3.63) is 0 Å². The fourth-order valence-corrected chi connectivity index (χ4v) is 1.65. The highest BCUT2D eigenvalue weighted by Gasteiger charge is 2.25. The normalized spacial score (nSPS) is 23.1. The maximum atomic E-state index is 11.6. The summed E-state index contributed by atoms with van der Waals surface area (Å²) < 4.78 is 4.90. The third-order valence-electron chi connectivity index (χ3n) is 2.64. The molecule has 1 saturated heterocycles. The van der Waals surface area contributed by atoms with Gasteiger partial charge >= 0.3 is 0 Å². The molecule has 1 rings (SSSR count). The summed E-state index contributed by atoms with van der Waals surface area (Å²) in [6.45, 7) is 0.784. The van der Waals surface area contributed by atoms with Crippen molar-refractivity contribution in [2.24, 2.45) is 5.73 Å². The number of amides is 2. The average Bonchev–Trinajstić information content (AvgIpc) is 2.46. The lowest BCUT2D eigenvalue weighted by atomic mass is 10.1. The zero-order valence-electron chi connectivity index (χ0n) is 9.49. The lowest BCUT2D eigenvalue weighted by Gasteiger charge is -2.18. The van der Waals surface area contributed by atoms with Crippen LogP contribution in [0.2, 0.25) is 0 Å². The number of ether oxygens (including phenoxy) is 1. The van der Waals surface area contributed by atoms with Crippen LogP contribution in [0.15, 0.2) is 0 Å². The van der Waals surface area contributed by atoms with E-state index < -0.39 is 12.1 Å². The number of rotatable bonds is 4. The van der Waals surface area contributed by atoms with Crippen LogP contribution in [0.25, 0.3) is 0 Å². The Hall–Kier alpha value is -1.14. The number of hydrogen-bond donors (Lipinski definition) is 3. The highest BCUT2D eigenvalue weighted by atomic mass is 16.5. The molecule has 4 N–H and O–H groups in total. The topological polar surface area (TPSA) is 93.4 Å². The predicted octanol–water partition coefficient (Wildman–Crippen LogP) is -1.25. The minimum atomic E-state index is -0.684. The Morgan fingerprint density at radius 1 is 1.69 bits per heavy atom. The van der Waals surface area contributed by atoms with Gasteiger partial charge in [0.1, 0.15) is 12.1 Å². The van der Waals surface area contributed by atoms with Gasteiger partial charge in [0.25, 0.3) is 5.91 Å². The molecule has 2 atom stereocenters. The maximum Gasteiger partial charge on any atom is 0.251 e. The average molecular weight is 229 g/mol. The minimum Gasteiger partial charge on any atom is -0.370 e. The van der Waals surface area contributed by atoms with Gasteiger partial charge < -0.3 is 21.1 Å². The Bertz CT molecular complexity index is 254. The number of carbonyl (C=O) groups excluding carboxylic acids is 2. The first-order valence-electron chi connectivity index (χ1n) is 5.50. The van der Waals surface area contributed by atoms with Crippen LogP contribution in [-0.4, -0.2) is 44.2 Å². The highest BCUT2D eigenvalue weighted by Crippen LogP contribution is 2.05. The second-order valence-corrected chi connectivity index (χ2v) is 3.81. The van der Waals surface area contributed by atoms with Gasteiger partial charge in [-0.3, -0.25) is 9.59 Å². The van der Waals surface area contributed by atoms with E-state index in [2.05, 4.69) is 10.6 Å². The summed E-state index contributed by atoms with van der Waals surface area (Å²) in [7, 11) is 1.42. The molecule has 92 valence electrons. The van der Waals surface area contributed by atoms with E-state index in [1.807, 2.05) is 0 Å². The second-order valence-electron chi connectivity index (χ2n) is 3.81. The van der Waals surface area contributed by atoms with Crippen molar-refractivity contribution in [3.8, 4) is 0 Å². The molecule has 0 saturated carbocycles. The van der Waals surface area contributed by atoms with Gasteiger partial charge in [0, 0.05) is 20.2 Å². The van der Waals surface area contributed by atoms with Crippen LogP contribution in [0.5, 0.6) is 0 Å². The molecule has 0 aromatic rings. The van der Waals surface area contributed by atoms with Crippen molar-refractivity contribution in [1.82, 2.24) is 10.6 Å². The van der Waals surface area contributed by atoms with Crippen LogP contribution in [0.4, 0.5) is 0 Å². The first-order chi connectivity index (χ1) is 7.69. The van der Waals surface area contributed by atoms with Crippen LogP contribution in [0, 0.1) is 0 Å². The number of hydrogen-bond acceptors (Lipinski definition) is 4. The number of nitrogens with one attached hydrogen (secondary N) is 2. The minimum absolute atomic E-state index is 0.108. The van der Waals surface area contributed by atoms with E-state index >= 15 is 0 Å². The van der Waals surface area contributed by atoms with Gasteiger partial charge in [-0.15, -0.1) is 0 Å². The first kappa shape index (κ1) is 12.9. The van der Waals surface area contributed by atoms with Gasteiger partial charge in [-0.1, -0.05) is 0 Å². The molecule has 16 heavy (non-hydrogen) atoms. The lowest BCUT2D eigenvalue weighted by Crippen LogP contribution is -2.50. The lowest BCUT2D eigenvalue weighted by molar-refractivity contribution is -0.134. The van der Waals surface area contributed by atoms with E-state index in [1.54, 1.807) is 0 Å². The van der Waals surface area contributed by atoms with Crippen molar-refractivity contribution >= 4 is 11.8 Å². The summed E-state index contributed by atoms with van der Waals surface area (Å²) in [6.07, 6.45) is 1.85. The van der Waals surface area contributed by atoms with Crippen molar-refractivity contribution in [2.45, 2.75) is 31.4 Å². The zero-order chi connectivity index (χ0) is 12.0. The van der Waals surface area contributed by atoms with Crippen molar-refractivity contribution < 1.29 is 14.3 Å². The molecule has 0 aromatic heterocycles. The SMILES string of the molecule is COC(CN)C(=O)NC1CCCCNC1=O. The molecule has 0 bridgehead atoms. The fraction of sp³-hybridized carbons (Fsp3) is 0.800. The van der Waals surface area contributed by atoms with Gasteiger partial charge in [0.05, 0.1) is 0 Å². The number of nitrogens with two attached hydrogens (primary N) is 1. The van der Waals surface area contributed by atoms with Crippen LogP contribution in [-0.2, 0) is 14.3 Å². The fourth-order valence-electron chi connectivity index (χ4n) is 1.65. The molecule has 1 fully saturated rings. The Balaban J connectivity index is 2.50. The van der Waals surface area contributed by atoms with Gasteiger partial charge in [0.2, 0.25) is 5.91 Å². The van der Waals surface area contributed by atoms with E-state index in [1.165, 1.54) is 7.11 Å². The smallest absolute Gasteiger partial charge is 0.251 e. The highest BCUT2D eigenvalue weighted by molar-refractivity contribution is 5.89. The summed E-state index contributed by atoms with van der Waals surface area (Å²) >= 11 is 0. The molecule has 1 heterocycles. The van der Waals surface area contributed by atoms with E-state index in [-0.39, 0.29) is 18.4 Å².